The van der Waals surface area contributed by atoms with Crippen LogP contribution in [0.5, 0.6) is 0 Å². The third-order valence-electron chi connectivity index (χ3n) is 13.5. The quantitative estimate of drug-likeness (QED) is 0.0146. The van der Waals surface area contributed by atoms with Gasteiger partial charge >= 0.3 is 0 Å². The van der Waals surface area contributed by atoms with E-state index in [2.05, 4.69) is 63.3 Å². The summed E-state index contributed by atoms with van der Waals surface area (Å²) in [6, 6.07) is 1.92. The highest BCUT2D eigenvalue weighted by molar-refractivity contribution is 6.41. The number of nitrogens with one attached hydrogen (secondary N) is 7. The van der Waals surface area contributed by atoms with E-state index in [-0.39, 0.29) is 42.2 Å². The molecule has 0 aromatic heterocycles. The number of unbranched alkanes of at least 4 members (excludes halogenated alkanes) is 5. The number of carbonyl (C=O) groups excluding carboxylic acids is 9. The second-order valence-electron chi connectivity index (χ2n) is 21.2. The molecule has 0 spiro atoms. The topological polar surface area (TPSA) is 284 Å². The fourth-order valence-corrected chi connectivity index (χ4v) is 8.44. The summed E-state index contributed by atoms with van der Waals surface area (Å²) >= 11 is 0. The third-order valence-corrected chi connectivity index (χ3v) is 13.5. The first-order valence-corrected chi connectivity index (χ1v) is 26.4. The second-order valence-corrected chi connectivity index (χ2v) is 21.2. The monoisotopic (exact) mass is 1020 g/mol. The fourth-order valence-electron chi connectivity index (χ4n) is 8.44. The molecule has 0 bridgehead atoms. The number of aliphatic hydroxyl groups is 1. The third kappa shape index (κ3) is 23.7. The zero-order valence-electron chi connectivity index (χ0n) is 46.2. The minimum absolute atomic E-state index is 0.0490. The van der Waals surface area contributed by atoms with Gasteiger partial charge in [0.25, 0.3) is 0 Å². The van der Waals surface area contributed by atoms with Crippen molar-refractivity contribution in [1.29, 1.82) is 0 Å². The Hall–Kier alpha value is -5.17. The first-order chi connectivity index (χ1) is 34.1. The van der Waals surface area contributed by atoms with Gasteiger partial charge in [-0.3, -0.25) is 54.3 Å². The molecule has 10 N–H and O–H groups in total. The summed E-state index contributed by atoms with van der Waals surface area (Å²) in [6.45, 7) is 21.8. The lowest BCUT2D eigenvalue weighted by Crippen LogP contribution is -2.61. The lowest BCUT2D eigenvalue weighted by molar-refractivity contribution is -0.140. The van der Waals surface area contributed by atoms with E-state index in [4.69, 9.17) is 5.84 Å². The highest BCUT2D eigenvalue weighted by atomic mass is 16.3. The van der Waals surface area contributed by atoms with Crippen LogP contribution in [-0.4, -0.2) is 111 Å². The van der Waals surface area contributed by atoms with E-state index in [1.165, 1.54) is 41.5 Å². The molecular weight excluding hydrogens is 933 g/mol. The molecule has 1 rings (SSSR count). The highest BCUT2D eigenvalue weighted by Gasteiger charge is 2.37. The number of hydrogen-bond acceptors (Lipinski definition) is 13. The number of hydrazine groups is 1. The number of benzene rings is 1. The number of rotatable bonds is 37. The first kappa shape index (κ1) is 65.8. The Balaban J connectivity index is 2.71. The summed E-state index contributed by atoms with van der Waals surface area (Å²) in [5.74, 6) is 0.777. The Kier molecular flexibility index (Phi) is 29.7. The Labute approximate surface area is 435 Å². The molecule has 412 valence electrons. The summed E-state index contributed by atoms with van der Waals surface area (Å²) in [4.78, 5) is 118. The van der Waals surface area contributed by atoms with Crippen molar-refractivity contribution in [3.8, 4) is 0 Å². The number of carbonyl (C=O) groups is 9. The van der Waals surface area contributed by atoms with Crippen molar-refractivity contribution < 1.29 is 48.3 Å². The van der Waals surface area contributed by atoms with Gasteiger partial charge in [0.1, 0.15) is 30.0 Å². The smallest absolute Gasteiger partial charge is 0.245 e. The van der Waals surface area contributed by atoms with E-state index in [1.807, 2.05) is 45.9 Å². The second kappa shape index (κ2) is 32.9. The molecule has 10 atom stereocenters. The van der Waals surface area contributed by atoms with Crippen molar-refractivity contribution >= 4 is 52.7 Å². The van der Waals surface area contributed by atoms with E-state index in [0.29, 0.717) is 25.2 Å². The van der Waals surface area contributed by atoms with Gasteiger partial charge in [-0.05, 0) is 137 Å². The maximum Gasteiger partial charge on any atom is 0.245 e. The number of amides is 5. The van der Waals surface area contributed by atoms with Crippen LogP contribution < -0.4 is 43.2 Å². The molecular formula is C55H92N8O10. The summed E-state index contributed by atoms with van der Waals surface area (Å²) in [5, 5.41) is 26.7. The summed E-state index contributed by atoms with van der Waals surface area (Å²) in [5.41, 5.74) is 1.25. The van der Waals surface area contributed by atoms with E-state index in [0.717, 1.165) is 56.9 Å². The fraction of sp³-hybridized carbons (Fsp3) is 0.691. The van der Waals surface area contributed by atoms with Gasteiger partial charge in [0.15, 0.2) is 5.78 Å². The molecule has 5 amide bonds. The Morgan fingerprint density at radius 1 is 0.589 bits per heavy atom. The number of Topliss-reactive ketones (excluding diaryl/α,β-unsaturated/α-hetero) is 4. The van der Waals surface area contributed by atoms with Gasteiger partial charge in [0, 0.05) is 5.92 Å². The number of ketones is 4. The average Bonchev–Trinajstić information content (AvgIpc) is 3.32. The molecule has 0 fully saturated rings. The van der Waals surface area contributed by atoms with Gasteiger partial charge in [0.05, 0.1) is 29.3 Å². The predicted molar refractivity (Wildman–Crippen MR) is 284 cm³/mol. The lowest BCUT2D eigenvalue weighted by atomic mass is 9.88. The van der Waals surface area contributed by atoms with Crippen LogP contribution in [0.4, 0.5) is 0 Å². The molecule has 73 heavy (non-hydrogen) atoms. The van der Waals surface area contributed by atoms with Gasteiger partial charge in [0.2, 0.25) is 41.1 Å². The van der Waals surface area contributed by atoms with Crippen LogP contribution in [0.2, 0.25) is 0 Å². The Bertz CT molecular complexity index is 1990. The number of nitrogens with two attached hydrogens (primary N) is 1. The Morgan fingerprint density at radius 2 is 1.11 bits per heavy atom. The SMILES string of the molecule is CC[C@@H](CC(C)C)C(=O)N[C@@](C)(CCC/C=C/CCCCCC[C@@](C)(N[C@@H](C)C(=O)C(=O)[C@H](C)NC(=O)C(C)NC(=O)[C@H](CC(C)C)NC(=O)[C@@H](NC(=O)[C@H](Cc1ccccc1)NN)[C@@H](C)O)C(C)=O)C(C)=O. The largest absolute Gasteiger partial charge is 0.391 e. The summed E-state index contributed by atoms with van der Waals surface area (Å²) in [6.07, 6.45) is 11.5. The molecule has 0 aliphatic heterocycles. The Morgan fingerprint density at radius 3 is 1.64 bits per heavy atom. The van der Waals surface area contributed by atoms with E-state index < -0.39 is 88.6 Å². The molecule has 1 unspecified atom stereocenters. The van der Waals surface area contributed by atoms with Gasteiger partial charge in [-0.2, -0.15) is 0 Å². The van der Waals surface area contributed by atoms with E-state index in [1.54, 1.807) is 19.1 Å². The first-order valence-electron chi connectivity index (χ1n) is 26.4. The number of allylic oxidation sites excluding steroid dienone is 2. The zero-order valence-corrected chi connectivity index (χ0v) is 46.2. The van der Waals surface area contributed by atoms with Crippen LogP contribution in [0.15, 0.2) is 42.5 Å². The van der Waals surface area contributed by atoms with Crippen molar-refractivity contribution in [1.82, 2.24) is 37.3 Å². The molecule has 0 heterocycles. The van der Waals surface area contributed by atoms with Crippen molar-refractivity contribution in [2.45, 2.75) is 227 Å². The van der Waals surface area contributed by atoms with Crippen LogP contribution in [0, 0.1) is 17.8 Å². The molecule has 0 aliphatic carbocycles. The van der Waals surface area contributed by atoms with Crippen molar-refractivity contribution in [3.63, 3.8) is 0 Å². The minimum Gasteiger partial charge on any atom is -0.391 e. The summed E-state index contributed by atoms with van der Waals surface area (Å²) in [7, 11) is 0. The van der Waals surface area contributed by atoms with Crippen LogP contribution in [0.25, 0.3) is 0 Å². The maximum absolute atomic E-state index is 13.5. The predicted octanol–water partition coefficient (Wildman–Crippen LogP) is 4.53. The average molecular weight is 1030 g/mol. The lowest BCUT2D eigenvalue weighted by Gasteiger charge is -2.31. The van der Waals surface area contributed by atoms with Crippen LogP contribution >= 0.6 is 0 Å². The molecule has 18 nitrogen and oxygen atoms in total. The maximum atomic E-state index is 13.5. The summed E-state index contributed by atoms with van der Waals surface area (Å²) < 4.78 is 0. The minimum atomic E-state index is -1.46. The normalized spacial score (nSPS) is 16.6. The van der Waals surface area contributed by atoms with Gasteiger partial charge in [-0.25, -0.2) is 5.43 Å². The van der Waals surface area contributed by atoms with E-state index in [9.17, 15) is 48.3 Å². The van der Waals surface area contributed by atoms with Gasteiger partial charge in [-0.15, -0.1) is 0 Å². The molecule has 0 aliphatic rings. The van der Waals surface area contributed by atoms with E-state index >= 15 is 0 Å². The van der Waals surface area contributed by atoms with Crippen LogP contribution in [0.1, 0.15) is 173 Å². The number of hydrogen-bond donors (Lipinski definition) is 9. The van der Waals surface area contributed by atoms with Crippen molar-refractivity contribution in [3.05, 3.63) is 48.0 Å². The molecule has 1 aromatic carbocycles. The molecule has 0 saturated heterocycles. The number of aliphatic hydroxyl groups excluding tert-OH is 1. The molecule has 1 aromatic rings. The van der Waals surface area contributed by atoms with Crippen LogP contribution in [-0.2, 0) is 49.6 Å². The zero-order chi connectivity index (χ0) is 55.6. The molecule has 0 saturated carbocycles. The molecule has 0 radical (unpaired) electrons. The highest BCUT2D eigenvalue weighted by Crippen LogP contribution is 2.22. The van der Waals surface area contributed by atoms with Crippen molar-refractivity contribution in [2.75, 3.05) is 0 Å². The van der Waals surface area contributed by atoms with Crippen LogP contribution in [0.3, 0.4) is 0 Å². The van der Waals surface area contributed by atoms with Crippen molar-refractivity contribution in [2.24, 2.45) is 23.6 Å². The van der Waals surface area contributed by atoms with Gasteiger partial charge < -0.3 is 31.7 Å². The standard InChI is InChI=1S/C55H92N8O10/c1-14-43(31-34(2)3)50(70)62-55(13,41(11)66)30-26-21-19-17-15-16-18-20-25-29-54(12,40(10)65)61-37(7)48(68)47(67)36(6)57-49(69)38(8)58-51(71)44(32-35(4)5)59-53(73)46(39(9)64)60-52(72)45(63-56)33-42-27-23-22-24-28-42/h17,19,22-24,27-28,34-39,43-46,61,63-64H,14-16,18,20-21,25-26,29-33,56H2,1-13H3,(H,57,69)(H,58,71)(H,59,73)(H,60,72)(H,62,70)/b19-17+/t36-,37-,38?,39+,43-,44-,45-,46-,54+,55-/m0/s1. The van der Waals surface area contributed by atoms with Gasteiger partial charge in [-0.1, -0.05) is 96.4 Å². The molecule has 18 heteroatoms.